The summed E-state index contributed by atoms with van der Waals surface area (Å²) in [4.78, 5) is 33.3. The molecule has 2 aromatic heterocycles. The first-order valence-corrected chi connectivity index (χ1v) is 16.7. The van der Waals surface area contributed by atoms with Crippen LogP contribution in [0.5, 0.6) is 0 Å². The quantitative estimate of drug-likeness (QED) is 0.175. The fourth-order valence-corrected chi connectivity index (χ4v) is 5.36. The number of nitrogens with zero attached hydrogens (tertiary/aromatic N) is 4. The number of hydrogen-bond donors (Lipinski definition) is 0. The second-order valence-electron chi connectivity index (χ2n) is 12.1. The lowest BCUT2D eigenvalue weighted by Gasteiger charge is -2.05. The maximum absolute atomic E-state index is 12.9. The van der Waals surface area contributed by atoms with Gasteiger partial charge in [-0.15, -0.1) is 6.42 Å². The van der Waals surface area contributed by atoms with E-state index in [1.807, 2.05) is 30.3 Å². The summed E-state index contributed by atoms with van der Waals surface area (Å²) in [6, 6.07) is 22.9. The topological polar surface area (TPSA) is 69.8 Å². The predicted octanol–water partition coefficient (Wildman–Crippen LogP) is 7.72. The van der Waals surface area contributed by atoms with Crippen molar-refractivity contribution in [3.8, 4) is 24.2 Å². The Bertz CT molecular complexity index is 2340. The van der Waals surface area contributed by atoms with Gasteiger partial charge in [-0.2, -0.15) is 0 Å². The summed E-state index contributed by atoms with van der Waals surface area (Å²) >= 11 is 3.38. The van der Waals surface area contributed by atoms with Gasteiger partial charge in [0.15, 0.2) is 0 Å². The number of halogens is 3. The van der Waals surface area contributed by atoms with Crippen molar-refractivity contribution >= 4 is 37.7 Å². The smallest absolute Gasteiger partial charge is 0.261 e. The molecule has 0 aliphatic heterocycles. The third-order valence-corrected chi connectivity index (χ3v) is 8.62. The molecular weight excluding hydrogens is 686 g/mol. The first kappa shape index (κ1) is 33.5. The Morgan fingerprint density at radius 3 is 1.61 bits per heavy atom. The van der Waals surface area contributed by atoms with Gasteiger partial charge in [0.2, 0.25) is 0 Å². The minimum Gasteiger partial charge on any atom is -0.298 e. The molecule has 6 aromatic rings. The Kier molecular flexibility index (Phi) is 10.4. The zero-order valence-corrected chi connectivity index (χ0v) is 28.0. The molecule has 0 radical (unpaired) electrons. The van der Waals surface area contributed by atoms with Crippen molar-refractivity contribution in [1.82, 2.24) is 19.1 Å². The first-order chi connectivity index (χ1) is 23.7. The summed E-state index contributed by atoms with van der Waals surface area (Å²) in [7, 11) is 0. The number of fused-ring (bicyclic) bond motifs is 2. The van der Waals surface area contributed by atoms with Gasteiger partial charge in [0.05, 0.1) is 34.5 Å². The van der Waals surface area contributed by atoms with Crippen LogP contribution in [0.15, 0.2) is 112 Å². The second kappa shape index (κ2) is 15.2. The molecule has 0 bridgehead atoms. The van der Waals surface area contributed by atoms with Gasteiger partial charge in [-0.05, 0) is 122 Å². The average Bonchev–Trinajstić information content (AvgIpc) is 4.06. The molecule has 0 N–H and O–H groups in total. The van der Waals surface area contributed by atoms with Gasteiger partial charge in [0.1, 0.15) is 11.6 Å². The Hall–Kier alpha value is -5.38. The van der Waals surface area contributed by atoms with Crippen LogP contribution in [-0.4, -0.2) is 19.1 Å². The molecule has 2 aliphatic rings. The SMILES string of the molecule is C#Cc1ccc(F)cc1.O=c1c2ccc(Br)cc2ncn1CC1CC1.O=c1c2ccc(C#Cc3ccc(F)cc3)cc2ncn1CC1CC1. The maximum Gasteiger partial charge on any atom is 0.261 e. The highest BCUT2D eigenvalue weighted by Gasteiger charge is 2.23. The number of rotatable bonds is 4. The first-order valence-electron chi connectivity index (χ1n) is 15.9. The molecule has 0 saturated heterocycles. The lowest BCUT2D eigenvalue weighted by molar-refractivity contribution is 0.602. The van der Waals surface area contributed by atoms with Gasteiger partial charge >= 0.3 is 0 Å². The van der Waals surface area contributed by atoms with E-state index in [0.29, 0.717) is 33.7 Å². The number of aromatic nitrogens is 4. The normalized spacial score (nSPS) is 13.3. The van der Waals surface area contributed by atoms with Crippen LogP contribution in [0.1, 0.15) is 42.4 Å². The van der Waals surface area contributed by atoms with Crippen LogP contribution in [-0.2, 0) is 13.1 Å². The molecule has 0 unspecified atom stereocenters. The number of terminal acetylenes is 1. The lowest BCUT2D eigenvalue weighted by atomic mass is 10.1. The van der Waals surface area contributed by atoms with Gasteiger partial charge in [-0.3, -0.25) is 18.7 Å². The van der Waals surface area contributed by atoms with Gasteiger partial charge in [-0.25, -0.2) is 18.7 Å². The summed E-state index contributed by atoms with van der Waals surface area (Å²) in [6.07, 6.45) is 13.2. The standard InChI is InChI=1S/C20H15FN2O.C12H11BrN2O.C8H5F/c21-17-8-5-14(6-9-17)1-2-15-7-10-18-19(11-15)22-13-23(20(18)24)12-16-3-4-16;13-9-3-4-10-11(5-9)14-7-15(12(10)16)6-8-1-2-8;1-2-7-3-5-8(9)6-4-7/h5-11,13,16H,3-4,12H2;3-5,7-8H,1-2,6H2;1,3-6H. The van der Waals surface area contributed by atoms with Crippen molar-refractivity contribution < 1.29 is 8.78 Å². The van der Waals surface area contributed by atoms with Crippen LogP contribution in [0.3, 0.4) is 0 Å². The maximum atomic E-state index is 12.9. The molecule has 2 saturated carbocycles. The summed E-state index contributed by atoms with van der Waals surface area (Å²) < 4.78 is 29.4. The Labute approximate surface area is 290 Å². The molecule has 2 fully saturated rings. The van der Waals surface area contributed by atoms with E-state index in [-0.39, 0.29) is 22.8 Å². The van der Waals surface area contributed by atoms with Crippen molar-refractivity contribution in [3.63, 3.8) is 0 Å². The molecular formula is C40H31BrF2N4O2. The summed E-state index contributed by atoms with van der Waals surface area (Å²) in [5.41, 5.74) is 3.71. The minimum atomic E-state index is -0.280. The van der Waals surface area contributed by atoms with E-state index in [1.165, 1.54) is 49.9 Å². The zero-order valence-electron chi connectivity index (χ0n) is 26.5. The summed E-state index contributed by atoms with van der Waals surface area (Å²) in [6.45, 7) is 1.58. The fourth-order valence-electron chi connectivity index (χ4n) is 5.01. The molecule has 2 heterocycles. The van der Waals surface area contributed by atoms with Crippen LogP contribution in [0.4, 0.5) is 8.78 Å². The zero-order chi connectivity index (χ0) is 34.3. The van der Waals surface area contributed by atoms with E-state index in [9.17, 15) is 18.4 Å². The van der Waals surface area contributed by atoms with E-state index in [2.05, 4.69) is 43.7 Å². The highest BCUT2D eigenvalue weighted by molar-refractivity contribution is 9.10. The van der Waals surface area contributed by atoms with E-state index in [1.54, 1.807) is 52.1 Å². The van der Waals surface area contributed by atoms with Gasteiger partial charge < -0.3 is 0 Å². The van der Waals surface area contributed by atoms with Crippen molar-refractivity contribution in [1.29, 1.82) is 0 Å². The Balaban J connectivity index is 0.000000143. The predicted molar refractivity (Wildman–Crippen MR) is 192 cm³/mol. The molecule has 0 atom stereocenters. The average molecular weight is 718 g/mol. The Morgan fingerprint density at radius 1 is 0.653 bits per heavy atom. The molecule has 0 amide bonds. The number of benzene rings is 4. The molecule has 244 valence electrons. The van der Waals surface area contributed by atoms with Gasteiger partial charge in [0, 0.05) is 34.3 Å². The molecule has 6 nitrogen and oxygen atoms in total. The lowest BCUT2D eigenvalue weighted by Crippen LogP contribution is -2.21. The van der Waals surface area contributed by atoms with E-state index in [0.717, 1.165) is 34.2 Å². The van der Waals surface area contributed by atoms with Crippen molar-refractivity contribution in [2.75, 3.05) is 0 Å². The van der Waals surface area contributed by atoms with E-state index in [4.69, 9.17) is 6.42 Å². The van der Waals surface area contributed by atoms with Crippen LogP contribution in [0.25, 0.3) is 21.8 Å². The van der Waals surface area contributed by atoms with Crippen LogP contribution in [0, 0.1) is 47.7 Å². The van der Waals surface area contributed by atoms with Crippen LogP contribution < -0.4 is 11.1 Å². The van der Waals surface area contributed by atoms with E-state index < -0.39 is 0 Å². The molecule has 8 rings (SSSR count). The number of hydrogen-bond acceptors (Lipinski definition) is 4. The molecule has 2 aliphatic carbocycles. The largest absolute Gasteiger partial charge is 0.298 e. The van der Waals surface area contributed by atoms with Crippen molar-refractivity contribution in [2.24, 2.45) is 11.8 Å². The summed E-state index contributed by atoms with van der Waals surface area (Å²) in [5, 5.41) is 1.32. The second-order valence-corrected chi connectivity index (χ2v) is 13.0. The van der Waals surface area contributed by atoms with Gasteiger partial charge in [0.25, 0.3) is 11.1 Å². The summed E-state index contributed by atoms with van der Waals surface area (Å²) in [5.74, 6) is 9.18. The van der Waals surface area contributed by atoms with Gasteiger partial charge in [-0.1, -0.05) is 33.7 Å². The van der Waals surface area contributed by atoms with E-state index >= 15 is 0 Å². The molecule has 9 heteroatoms. The molecule has 4 aromatic carbocycles. The van der Waals surface area contributed by atoms with Crippen LogP contribution >= 0.6 is 15.9 Å². The van der Waals surface area contributed by atoms with Crippen molar-refractivity contribution in [3.05, 3.63) is 151 Å². The highest BCUT2D eigenvalue weighted by atomic mass is 79.9. The highest BCUT2D eigenvalue weighted by Crippen LogP contribution is 2.30. The van der Waals surface area contributed by atoms with Crippen molar-refractivity contribution in [2.45, 2.75) is 38.8 Å². The fraction of sp³-hybridized carbons (Fsp3) is 0.200. The molecule has 49 heavy (non-hydrogen) atoms. The van der Waals surface area contributed by atoms with Crippen LogP contribution in [0.2, 0.25) is 0 Å². The monoisotopic (exact) mass is 716 g/mol. The third kappa shape index (κ3) is 9.16. The molecule has 0 spiro atoms. The third-order valence-electron chi connectivity index (χ3n) is 8.12. The minimum absolute atomic E-state index is 0.00458. The Morgan fingerprint density at radius 2 is 1.10 bits per heavy atom.